The molecule has 0 saturated carbocycles. The third-order valence-corrected chi connectivity index (χ3v) is 5.67. The molecule has 0 bridgehead atoms. The Balaban J connectivity index is 0.000000429. The van der Waals surface area contributed by atoms with Crippen molar-refractivity contribution in [3.05, 3.63) is 83.4 Å². The Kier molecular flexibility index (Phi) is 8.89. The van der Waals surface area contributed by atoms with Gasteiger partial charge in [-0.3, -0.25) is 4.90 Å². The topological polar surface area (TPSA) is 76.8 Å². The minimum atomic E-state index is -5.08. The molecule has 7 nitrogen and oxygen atoms in total. The maximum atomic E-state index is 10.6. The maximum Gasteiger partial charge on any atom is 0.490 e. The van der Waals surface area contributed by atoms with Crippen LogP contribution in [0.3, 0.4) is 0 Å². The molecular formula is C25H28F3N3O4. The summed E-state index contributed by atoms with van der Waals surface area (Å²) in [6.07, 6.45) is -1.13. The number of hydrogen-bond acceptors (Lipinski definition) is 5. The molecule has 1 aliphatic heterocycles. The maximum absolute atomic E-state index is 10.6. The first kappa shape index (κ1) is 26.2. The van der Waals surface area contributed by atoms with Crippen molar-refractivity contribution in [1.29, 1.82) is 0 Å². The minimum absolute atomic E-state index is 0.259. The fourth-order valence-electron chi connectivity index (χ4n) is 4.02. The first-order valence-electron chi connectivity index (χ1n) is 11.0. The molecule has 1 unspecified atom stereocenters. The third-order valence-electron chi connectivity index (χ3n) is 5.67. The summed E-state index contributed by atoms with van der Waals surface area (Å²) in [5.41, 5.74) is 4.06. The van der Waals surface area contributed by atoms with Crippen molar-refractivity contribution in [2.24, 2.45) is 0 Å². The largest absolute Gasteiger partial charge is 0.497 e. The van der Waals surface area contributed by atoms with Gasteiger partial charge >= 0.3 is 12.1 Å². The van der Waals surface area contributed by atoms with Gasteiger partial charge in [-0.1, -0.05) is 36.4 Å². The second kappa shape index (κ2) is 11.9. The number of aliphatic carboxylic acids is 1. The predicted octanol–water partition coefficient (Wildman–Crippen LogP) is 4.32. The molecule has 0 aliphatic carbocycles. The van der Waals surface area contributed by atoms with Crippen LogP contribution in [0.1, 0.15) is 28.4 Å². The van der Waals surface area contributed by atoms with Crippen molar-refractivity contribution in [2.45, 2.75) is 31.7 Å². The molecule has 1 aromatic heterocycles. The number of benzene rings is 2. The highest BCUT2D eigenvalue weighted by molar-refractivity contribution is 5.73. The van der Waals surface area contributed by atoms with Crippen molar-refractivity contribution >= 4 is 5.97 Å². The van der Waals surface area contributed by atoms with E-state index in [0.717, 1.165) is 37.8 Å². The molecule has 1 aliphatic rings. The monoisotopic (exact) mass is 491 g/mol. The average molecular weight is 492 g/mol. The molecule has 10 heteroatoms. The van der Waals surface area contributed by atoms with Gasteiger partial charge < -0.3 is 19.1 Å². The van der Waals surface area contributed by atoms with Crippen molar-refractivity contribution < 1.29 is 32.5 Å². The Bertz CT molecular complexity index is 1100. The highest BCUT2D eigenvalue weighted by atomic mass is 19.4. The number of halogens is 3. The SMILES string of the molecule is COCCn1ccnc1C1CN(Cc2ccc(OC)cc2)Cc2ccccc21.O=C(O)C(F)(F)F. The number of rotatable bonds is 7. The van der Waals surface area contributed by atoms with Crippen molar-refractivity contribution in [3.8, 4) is 5.75 Å². The number of methoxy groups -OCH3 is 2. The number of imidazole rings is 1. The number of carboxylic acid groups (broad SMARTS) is 1. The fraction of sp³-hybridized carbons (Fsp3) is 0.360. The number of nitrogens with zero attached hydrogens (tertiary/aromatic N) is 3. The Hall–Kier alpha value is -3.37. The van der Waals surface area contributed by atoms with Crippen molar-refractivity contribution in [1.82, 2.24) is 14.5 Å². The van der Waals surface area contributed by atoms with Gasteiger partial charge in [0.2, 0.25) is 0 Å². The van der Waals surface area contributed by atoms with Crippen LogP contribution in [0.25, 0.3) is 0 Å². The molecule has 2 heterocycles. The molecule has 0 amide bonds. The van der Waals surface area contributed by atoms with Crippen molar-refractivity contribution in [3.63, 3.8) is 0 Å². The summed E-state index contributed by atoms with van der Waals surface area (Å²) in [6.45, 7) is 4.33. The molecule has 0 radical (unpaired) electrons. The van der Waals surface area contributed by atoms with E-state index >= 15 is 0 Å². The van der Waals surface area contributed by atoms with Crippen LogP contribution in [-0.2, 0) is 29.2 Å². The highest BCUT2D eigenvalue weighted by Crippen LogP contribution is 2.33. The molecule has 2 aromatic carbocycles. The summed E-state index contributed by atoms with van der Waals surface area (Å²) in [6, 6.07) is 17.1. The average Bonchev–Trinajstić information content (AvgIpc) is 3.31. The lowest BCUT2D eigenvalue weighted by atomic mass is 9.88. The molecule has 0 saturated heterocycles. The van der Waals surface area contributed by atoms with Gasteiger partial charge in [-0.15, -0.1) is 0 Å². The molecule has 1 atom stereocenters. The van der Waals surface area contributed by atoms with Crippen LogP contribution in [-0.4, -0.2) is 59.1 Å². The second-order valence-corrected chi connectivity index (χ2v) is 8.04. The summed E-state index contributed by atoms with van der Waals surface area (Å²) < 4.78 is 44.5. The van der Waals surface area contributed by atoms with E-state index < -0.39 is 12.1 Å². The van der Waals surface area contributed by atoms with Gasteiger partial charge in [0.15, 0.2) is 0 Å². The molecule has 4 rings (SSSR count). The zero-order valence-electron chi connectivity index (χ0n) is 19.5. The third kappa shape index (κ3) is 7.06. The normalized spacial score (nSPS) is 15.6. The number of ether oxygens (including phenoxy) is 2. The quantitative estimate of drug-likeness (QED) is 0.531. The smallest absolute Gasteiger partial charge is 0.490 e. The van der Waals surface area contributed by atoms with E-state index in [0.29, 0.717) is 6.61 Å². The summed E-state index contributed by atoms with van der Waals surface area (Å²) in [4.78, 5) is 16.1. The molecule has 0 spiro atoms. The Morgan fingerprint density at radius 1 is 1.14 bits per heavy atom. The van der Waals surface area contributed by atoms with E-state index in [2.05, 4.69) is 52.1 Å². The Morgan fingerprint density at radius 3 is 2.46 bits per heavy atom. The van der Waals surface area contributed by atoms with E-state index in [1.807, 2.05) is 18.3 Å². The van der Waals surface area contributed by atoms with Crippen LogP contribution in [0.5, 0.6) is 5.75 Å². The lowest BCUT2D eigenvalue weighted by Crippen LogP contribution is -2.35. The molecule has 0 fully saturated rings. The molecule has 3 aromatic rings. The van der Waals surface area contributed by atoms with Gasteiger partial charge in [0, 0.05) is 45.7 Å². The number of aromatic nitrogens is 2. The first-order chi connectivity index (χ1) is 16.7. The van der Waals surface area contributed by atoms with Gasteiger partial charge in [0.1, 0.15) is 11.6 Å². The van der Waals surface area contributed by atoms with E-state index in [1.165, 1.54) is 16.7 Å². The summed E-state index contributed by atoms with van der Waals surface area (Å²) in [5, 5.41) is 7.12. The van der Waals surface area contributed by atoms with Crippen LogP contribution in [0.15, 0.2) is 60.9 Å². The Labute approximate surface area is 201 Å². The van der Waals surface area contributed by atoms with E-state index in [4.69, 9.17) is 24.4 Å². The lowest BCUT2D eigenvalue weighted by molar-refractivity contribution is -0.192. The fourth-order valence-corrected chi connectivity index (χ4v) is 4.02. The lowest BCUT2D eigenvalue weighted by Gasteiger charge is -2.34. The van der Waals surface area contributed by atoms with Gasteiger partial charge in [0.05, 0.1) is 19.6 Å². The van der Waals surface area contributed by atoms with Crippen LogP contribution < -0.4 is 4.74 Å². The number of alkyl halides is 3. The van der Waals surface area contributed by atoms with Crippen LogP contribution in [0, 0.1) is 0 Å². The summed E-state index contributed by atoms with van der Waals surface area (Å²) in [7, 11) is 3.44. The summed E-state index contributed by atoms with van der Waals surface area (Å²) >= 11 is 0. The number of carbonyl (C=O) groups is 1. The minimum Gasteiger partial charge on any atom is -0.497 e. The number of carboxylic acids is 1. The molecular weight excluding hydrogens is 463 g/mol. The zero-order valence-corrected chi connectivity index (χ0v) is 19.5. The van der Waals surface area contributed by atoms with Crippen LogP contribution in [0.4, 0.5) is 13.2 Å². The predicted molar refractivity (Wildman–Crippen MR) is 123 cm³/mol. The van der Waals surface area contributed by atoms with E-state index in [1.54, 1.807) is 14.2 Å². The van der Waals surface area contributed by atoms with Crippen molar-refractivity contribution in [2.75, 3.05) is 27.4 Å². The molecule has 1 N–H and O–H groups in total. The number of hydrogen-bond donors (Lipinski definition) is 1. The molecule has 188 valence electrons. The van der Waals surface area contributed by atoms with E-state index in [-0.39, 0.29) is 5.92 Å². The highest BCUT2D eigenvalue weighted by Gasteiger charge is 2.38. The van der Waals surface area contributed by atoms with Gasteiger partial charge in [-0.2, -0.15) is 13.2 Å². The molecule has 35 heavy (non-hydrogen) atoms. The standard InChI is InChI=1S/C23H27N3O2.C2HF3O2/c1-27-14-13-26-12-11-24-23(26)22-17-25(16-19-5-3-4-6-21(19)22)15-18-7-9-20(28-2)10-8-18;3-2(4,5)1(6)7/h3-12,22H,13-17H2,1-2H3;(H,6,7). The first-order valence-corrected chi connectivity index (χ1v) is 11.0. The summed E-state index contributed by atoms with van der Waals surface area (Å²) in [5.74, 6) is -0.489. The van der Waals surface area contributed by atoms with Gasteiger partial charge in [0.25, 0.3) is 0 Å². The number of fused-ring (bicyclic) bond motifs is 1. The van der Waals surface area contributed by atoms with Crippen LogP contribution in [0.2, 0.25) is 0 Å². The zero-order chi connectivity index (χ0) is 25.4. The van der Waals surface area contributed by atoms with E-state index in [9.17, 15) is 13.2 Å². The van der Waals surface area contributed by atoms with Gasteiger partial charge in [-0.25, -0.2) is 9.78 Å². The Morgan fingerprint density at radius 2 is 1.83 bits per heavy atom. The second-order valence-electron chi connectivity index (χ2n) is 8.04. The van der Waals surface area contributed by atoms with Crippen LogP contribution >= 0.6 is 0 Å². The van der Waals surface area contributed by atoms with Gasteiger partial charge in [-0.05, 0) is 28.8 Å².